The van der Waals surface area contributed by atoms with E-state index >= 15 is 0 Å². The summed E-state index contributed by atoms with van der Waals surface area (Å²) in [5.74, 6) is -0.442. The van der Waals surface area contributed by atoms with Gasteiger partial charge in [0, 0.05) is 46.8 Å². The standard InChI is InChI=1S/C23H17FN4O/c1-27-9-7-15-10-16(2-4-20(15)27)23(29)22-12-17-11-18(24)3-5-21(17)28(22)13-19-6-8-25-14-26-19/h2-12,14H,13H2,1H3. The van der Waals surface area contributed by atoms with Crippen LogP contribution in [0.1, 0.15) is 21.7 Å². The van der Waals surface area contributed by atoms with Crippen molar-refractivity contribution in [2.75, 3.05) is 0 Å². The highest BCUT2D eigenvalue weighted by Crippen LogP contribution is 2.25. The van der Waals surface area contributed by atoms with Gasteiger partial charge in [-0.3, -0.25) is 4.79 Å². The molecule has 142 valence electrons. The van der Waals surface area contributed by atoms with Crippen molar-refractivity contribution in [2.24, 2.45) is 7.05 Å². The van der Waals surface area contributed by atoms with Crippen LogP contribution in [-0.2, 0) is 13.6 Å². The molecule has 3 aromatic heterocycles. The smallest absolute Gasteiger partial charge is 0.209 e. The Morgan fingerprint density at radius 2 is 1.86 bits per heavy atom. The number of ketones is 1. The normalized spacial score (nSPS) is 11.4. The highest BCUT2D eigenvalue weighted by molar-refractivity contribution is 6.12. The zero-order valence-corrected chi connectivity index (χ0v) is 15.7. The third-order valence-electron chi connectivity index (χ3n) is 5.21. The van der Waals surface area contributed by atoms with Crippen molar-refractivity contribution < 1.29 is 9.18 Å². The van der Waals surface area contributed by atoms with Crippen LogP contribution >= 0.6 is 0 Å². The predicted molar refractivity (Wildman–Crippen MR) is 109 cm³/mol. The largest absolute Gasteiger partial charge is 0.351 e. The summed E-state index contributed by atoms with van der Waals surface area (Å²) in [7, 11) is 1.97. The first-order chi connectivity index (χ1) is 14.1. The fourth-order valence-electron chi connectivity index (χ4n) is 3.74. The summed E-state index contributed by atoms with van der Waals surface area (Å²) < 4.78 is 17.7. The molecular formula is C23H17FN4O. The van der Waals surface area contributed by atoms with Gasteiger partial charge in [-0.25, -0.2) is 14.4 Å². The molecule has 0 bridgehead atoms. The van der Waals surface area contributed by atoms with Crippen molar-refractivity contribution in [3.8, 4) is 0 Å². The number of benzene rings is 2. The lowest BCUT2D eigenvalue weighted by molar-refractivity contribution is 0.103. The topological polar surface area (TPSA) is 52.7 Å². The number of aryl methyl sites for hydroxylation is 1. The van der Waals surface area contributed by atoms with Crippen molar-refractivity contribution in [1.29, 1.82) is 0 Å². The Bertz CT molecular complexity index is 1370. The van der Waals surface area contributed by atoms with Gasteiger partial charge in [0.15, 0.2) is 0 Å². The molecule has 0 atom stereocenters. The third-order valence-corrected chi connectivity index (χ3v) is 5.21. The fourth-order valence-corrected chi connectivity index (χ4v) is 3.74. The number of aromatic nitrogens is 4. The quantitative estimate of drug-likeness (QED) is 0.433. The summed E-state index contributed by atoms with van der Waals surface area (Å²) >= 11 is 0. The van der Waals surface area contributed by atoms with Gasteiger partial charge in [0.2, 0.25) is 5.78 Å². The fraction of sp³-hybridized carbons (Fsp3) is 0.0870. The van der Waals surface area contributed by atoms with E-state index in [9.17, 15) is 9.18 Å². The lowest BCUT2D eigenvalue weighted by Crippen LogP contribution is -2.12. The van der Waals surface area contributed by atoms with E-state index < -0.39 is 0 Å². The van der Waals surface area contributed by atoms with Gasteiger partial charge in [0.05, 0.1) is 17.9 Å². The van der Waals surface area contributed by atoms with E-state index in [-0.39, 0.29) is 11.6 Å². The molecule has 0 saturated heterocycles. The number of fused-ring (bicyclic) bond motifs is 2. The van der Waals surface area contributed by atoms with Crippen molar-refractivity contribution in [2.45, 2.75) is 6.54 Å². The van der Waals surface area contributed by atoms with Crippen LogP contribution in [0.5, 0.6) is 0 Å². The molecule has 0 spiro atoms. The predicted octanol–water partition coefficient (Wildman–Crippen LogP) is 4.34. The lowest BCUT2D eigenvalue weighted by Gasteiger charge is -2.10. The van der Waals surface area contributed by atoms with Crippen molar-refractivity contribution in [1.82, 2.24) is 19.1 Å². The van der Waals surface area contributed by atoms with Crippen molar-refractivity contribution in [3.63, 3.8) is 0 Å². The second-order valence-corrected chi connectivity index (χ2v) is 7.05. The lowest BCUT2D eigenvalue weighted by atomic mass is 10.1. The molecule has 0 radical (unpaired) electrons. The molecule has 5 aromatic rings. The summed E-state index contributed by atoms with van der Waals surface area (Å²) in [4.78, 5) is 21.6. The van der Waals surface area contributed by atoms with Gasteiger partial charge in [-0.05, 0) is 54.6 Å². The zero-order chi connectivity index (χ0) is 20.0. The van der Waals surface area contributed by atoms with Gasteiger partial charge in [0.1, 0.15) is 12.1 Å². The second kappa shape index (κ2) is 6.67. The summed E-state index contributed by atoms with van der Waals surface area (Å²) in [5.41, 5.74) is 3.71. The van der Waals surface area contributed by atoms with Crippen LogP contribution in [0, 0.1) is 5.82 Å². The van der Waals surface area contributed by atoms with Crippen LogP contribution in [-0.4, -0.2) is 24.9 Å². The number of nitrogens with zero attached hydrogens (tertiary/aromatic N) is 4. The number of halogens is 1. The summed E-state index contributed by atoms with van der Waals surface area (Å²) in [6.07, 6.45) is 5.11. The number of carbonyl (C=O) groups is 1. The first kappa shape index (κ1) is 17.3. The average Bonchev–Trinajstić information content (AvgIpc) is 3.28. The molecule has 0 unspecified atom stereocenters. The molecule has 6 heteroatoms. The number of rotatable bonds is 4. The molecule has 5 nitrogen and oxygen atoms in total. The maximum atomic E-state index is 13.8. The molecule has 2 aromatic carbocycles. The summed E-state index contributed by atoms with van der Waals surface area (Å²) in [6.45, 7) is 0.395. The van der Waals surface area contributed by atoms with Crippen LogP contribution < -0.4 is 0 Å². The van der Waals surface area contributed by atoms with E-state index in [1.54, 1.807) is 24.4 Å². The highest BCUT2D eigenvalue weighted by Gasteiger charge is 2.19. The molecule has 3 heterocycles. The maximum Gasteiger partial charge on any atom is 0.209 e. The molecule has 0 aliphatic rings. The van der Waals surface area contributed by atoms with Gasteiger partial charge in [0.25, 0.3) is 0 Å². The SMILES string of the molecule is Cn1ccc2cc(C(=O)c3cc4cc(F)ccc4n3Cc3ccncn3)ccc21. The van der Waals surface area contributed by atoms with E-state index in [0.29, 0.717) is 23.2 Å². The summed E-state index contributed by atoms with van der Waals surface area (Å²) in [5, 5.41) is 1.69. The molecule has 0 aliphatic carbocycles. The molecule has 0 aliphatic heterocycles. The number of hydrogen-bond acceptors (Lipinski definition) is 3. The summed E-state index contributed by atoms with van der Waals surface area (Å²) in [6, 6.07) is 15.8. The highest BCUT2D eigenvalue weighted by atomic mass is 19.1. The first-order valence-electron chi connectivity index (χ1n) is 9.23. The average molecular weight is 384 g/mol. The third kappa shape index (κ3) is 2.99. The van der Waals surface area contributed by atoms with Crippen LogP contribution in [0.3, 0.4) is 0 Å². The zero-order valence-electron chi connectivity index (χ0n) is 15.7. The van der Waals surface area contributed by atoms with Gasteiger partial charge >= 0.3 is 0 Å². The molecule has 0 saturated carbocycles. The van der Waals surface area contributed by atoms with Crippen LogP contribution in [0.15, 0.2) is 73.3 Å². The minimum Gasteiger partial charge on any atom is -0.351 e. The van der Waals surface area contributed by atoms with Crippen LogP contribution in [0.4, 0.5) is 4.39 Å². The van der Waals surface area contributed by atoms with E-state index in [1.807, 2.05) is 46.6 Å². The Balaban J connectivity index is 1.65. The maximum absolute atomic E-state index is 13.8. The molecule has 0 N–H and O–H groups in total. The minimum absolute atomic E-state index is 0.110. The van der Waals surface area contributed by atoms with Crippen LogP contribution in [0.25, 0.3) is 21.8 Å². The van der Waals surface area contributed by atoms with Crippen LogP contribution in [0.2, 0.25) is 0 Å². The molecular weight excluding hydrogens is 367 g/mol. The van der Waals surface area contributed by atoms with Gasteiger partial charge in [-0.2, -0.15) is 0 Å². The molecule has 29 heavy (non-hydrogen) atoms. The monoisotopic (exact) mass is 384 g/mol. The van der Waals surface area contributed by atoms with E-state index in [0.717, 1.165) is 22.1 Å². The Kier molecular flexibility index (Phi) is 3.98. The number of hydrogen-bond donors (Lipinski definition) is 0. The Hall–Kier alpha value is -3.80. The van der Waals surface area contributed by atoms with E-state index in [4.69, 9.17) is 0 Å². The van der Waals surface area contributed by atoms with E-state index in [1.165, 1.54) is 18.5 Å². The molecule has 0 amide bonds. The molecule has 0 fully saturated rings. The van der Waals surface area contributed by atoms with Crippen molar-refractivity contribution >= 4 is 27.6 Å². The van der Waals surface area contributed by atoms with Gasteiger partial charge < -0.3 is 9.13 Å². The van der Waals surface area contributed by atoms with Crippen molar-refractivity contribution in [3.05, 3.63) is 96.1 Å². The first-order valence-corrected chi connectivity index (χ1v) is 9.23. The van der Waals surface area contributed by atoms with E-state index in [2.05, 4.69) is 9.97 Å². The van der Waals surface area contributed by atoms with Gasteiger partial charge in [-0.15, -0.1) is 0 Å². The number of carbonyl (C=O) groups excluding carboxylic acids is 1. The van der Waals surface area contributed by atoms with Gasteiger partial charge in [-0.1, -0.05) is 0 Å². The second-order valence-electron chi connectivity index (χ2n) is 7.05. The Morgan fingerprint density at radius 3 is 2.69 bits per heavy atom. The molecule has 5 rings (SSSR count). The minimum atomic E-state index is -0.332. The Morgan fingerprint density at radius 1 is 1.00 bits per heavy atom. The Labute approximate surface area is 166 Å².